The molecule has 0 radical (unpaired) electrons. The summed E-state index contributed by atoms with van der Waals surface area (Å²) in [5.74, 6) is 0.267. The van der Waals surface area contributed by atoms with Crippen molar-refractivity contribution in [2.45, 2.75) is 12.8 Å². The highest BCUT2D eigenvalue weighted by Gasteiger charge is 2.30. The normalized spacial score (nSPS) is 12.3. The highest BCUT2D eigenvalue weighted by Crippen LogP contribution is 2.47. The highest BCUT2D eigenvalue weighted by molar-refractivity contribution is 6.39. The molecule has 0 aliphatic heterocycles. The molecule has 0 unspecified atom stereocenters. The summed E-state index contributed by atoms with van der Waals surface area (Å²) in [5.41, 5.74) is 6.68. The van der Waals surface area contributed by atoms with Gasteiger partial charge >= 0.3 is 0 Å². The van der Waals surface area contributed by atoms with E-state index in [1.54, 1.807) is 18.2 Å². The van der Waals surface area contributed by atoms with Crippen LogP contribution >= 0.6 is 23.2 Å². The predicted molar refractivity (Wildman–Crippen MR) is 116 cm³/mol. The van der Waals surface area contributed by atoms with Crippen LogP contribution in [0.3, 0.4) is 0 Å². The van der Waals surface area contributed by atoms with E-state index in [9.17, 15) is 5.26 Å². The molecule has 0 fully saturated rings. The molecule has 4 aromatic rings. The minimum atomic E-state index is 0.267. The van der Waals surface area contributed by atoms with Crippen LogP contribution in [-0.2, 0) is 12.8 Å². The molecule has 1 aliphatic carbocycles. The Kier molecular flexibility index (Phi) is 4.24. The summed E-state index contributed by atoms with van der Waals surface area (Å²) in [6.45, 7) is 0. The van der Waals surface area contributed by atoms with E-state index in [1.807, 2.05) is 12.1 Å². The molecule has 0 bridgehead atoms. The molecule has 5 rings (SSSR count). The van der Waals surface area contributed by atoms with Crippen LogP contribution < -0.4 is 4.74 Å². The fourth-order valence-electron chi connectivity index (χ4n) is 4.23. The lowest BCUT2D eigenvalue weighted by Gasteiger charge is -2.23. The van der Waals surface area contributed by atoms with E-state index in [2.05, 4.69) is 23.2 Å². The largest absolute Gasteiger partial charge is 0.480 e. The van der Waals surface area contributed by atoms with Crippen molar-refractivity contribution in [1.82, 2.24) is 9.97 Å². The minimum absolute atomic E-state index is 0.267. The predicted octanol–water partition coefficient (Wildman–Crippen LogP) is 6.18. The number of ether oxygens (including phenoxy) is 1. The fraction of sp³-hybridized carbons (Fsp3) is 0.130. The lowest BCUT2D eigenvalue weighted by Crippen LogP contribution is -2.10. The number of hydrogen-bond donors (Lipinski definition) is 1. The van der Waals surface area contributed by atoms with E-state index in [1.165, 1.54) is 18.1 Å². The van der Waals surface area contributed by atoms with E-state index < -0.39 is 0 Å². The Morgan fingerprint density at radius 2 is 1.72 bits per heavy atom. The second-order valence-corrected chi connectivity index (χ2v) is 7.75. The smallest absolute Gasteiger partial charge is 0.232 e. The molecule has 142 valence electrons. The molecule has 6 heteroatoms. The van der Waals surface area contributed by atoms with Gasteiger partial charge in [0.15, 0.2) is 0 Å². The van der Waals surface area contributed by atoms with Crippen molar-refractivity contribution in [1.29, 1.82) is 5.26 Å². The molecule has 0 spiro atoms. The summed E-state index contributed by atoms with van der Waals surface area (Å²) in [6, 6.07) is 15.8. The van der Waals surface area contributed by atoms with Crippen molar-refractivity contribution in [2.75, 3.05) is 7.11 Å². The molecule has 0 saturated heterocycles. The first-order valence-electron chi connectivity index (χ1n) is 9.19. The van der Waals surface area contributed by atoms with Gasteiger partial charge in [-0.3, -0.25) is 0 Å². The molecule has 0 amide bonds. The maximum absolute atomic E-state index is 9.92. The number of aromatic nitrogens is 2. The topological polar surface area (TPSA) is 61.7 Å². The summed E-state index contributed by atoms with van der Waals surface area (Å²) < 4.78 is 5.50. The van der Waals surface area contributed by atoms with Crippen LogP contribution in [-0.4, -0.2) is 17.1 Å². The zero-order chi connectivity index (χ0) is 20.1. The van der Waals surface area contributed by atoms with Crippen LogP contribution in [0.2, 0.25) is 10.0 Å². The van der Waals surface area contributed by atoms with Crippen LogP contribution in [0, 0.1) is 11.3 Å². The molecule has 1 aliphatic rings. The number of halogens is 2. The van der Waals surface area contributed by atoms with Gasteiger partial charge in [-0.2, -0.15) is 5.26 Å². The third-order valence-electron chi connectivity index (χ3n) is 5.46. The number of rotatable bonds is 2. The summed E-state index contributed by atoms with van der Waals surface area (Å²) in [4.78, 5) is 8.22. The van der Waals surface area contributed by atoms with E-state index in [0.29, 0.717) is 26.7 Å². The number of fused-ring (bicyclic) bond motifs is 5. The molecular weight excluding hydrogens is 405 g/mol. The first-order chi connectivity index (χ1) is 14.1. The fourth-order valence-corrected chi connectivity index (χ4v) is 4.81. The third-order valence-corrected chi connectivity index (χ3v) is 6.09. The molecular formula is C23H15Cl2N3O. The van der Waals surface area contributed by atoms with Gasteiger partial charge in [0.1, 0.15) is 11.6 Å². The van der Waals surface area contributed by atoms with Crippen molar-refractivity contribution < 1.29 is 4.74 Å². The third kappa shape index (κ3) is 2.62. The number of benzene rings is 2. The van der Waals surface area contributed by atoms with E-state index in [0.717, 1.165) is 35.3 Å². The first kappa shape index (κ1) is 18.1. The van der Waals surface area contributed by atoms with Gasteiger partial charge in [-0.05, 0) is 42.2 Å². The van der Waals surface area contributed by atoms with Crippen LogP contribution in [0.4, 0.5) is 0 Å². The van der Waals surface area contributed by atoms with Crippen LogP contribution in [0.15, 0.2) is 42.5 Å². The molecule has 2 heterocycles. The Bertz CT molecular complexity index is 1310. The Hall–Kier alpha value is -3.00. The average Bonchev–Trinajstić information content (AvgIpc) is 3.12. The summed E-state index contributed by atoms with van der Waals surface area (Å²) in [7, 11) is 1.52. The number of nitrogens with one attached hydrogen (secondary N) is 1. The highest BCUT2D eigenvalue weighted by atomic mass is 35.5. The quantitative estimate of drug-likeness (QED) is 0.421. The van der Waals surface area contributed by atoms with Crippen molar-refractivity contribution in [3.63, 3.8) is 0 Å². The van der Waals surface area contributed by atoms with Gasteiger partial charge in [-0.1, -0.05) is 47.5 Å². The lowest BCUT2D eigenvalue weighted by atomic mass is 9.85. The van der Waals surface area contributed by atoms with Gasteiger partial charge in [0.05, 0.1) is 18.5 Å². The number of aryl methyl sites for hydroxylation is 1. The standard InChI is InChI=1S/C23H15Cl2N3O/c1-29-23-15(11-26)19(20-16(24)6-4-7-17(20)25)14-10-9-13-12-5-2-3-8-18(12)27-21(13)22(14)28-23/h2-8,27H,9-10H2,1H3. The van der Waals surface area contributed by atoms with E-state index in [-0.39, 0.29) is 5.88 Å². The Labute approximate surface area is 177 Å². The second-order valence-electron chi connectivity index (χ2n) is 6.93. The molecule has 29 heavy (non-hydrogen) atoms. The van der Waals surface area contributed by atoms with Crippen LogP contribution in [0.25, 0.3) is 33.4 Å². The minimum Gasteiger partial charge on any atom is -0.480 e. The van der Waals surface area contributed by atoms with Crippen LogP contribution in [0.5, 0.6) is 5.88 Å². The molecule has 2 aromatic carbocycles. The molecule has 4 nitrogen and oxygen atoms in total. The number of methoxy groups -OCH3 is 1. The average molecular weight is 420 g/mol. The molecule has 0 atom stereocenters. The summed E-state index contributed by atoms with van der Waals surface area (Å²) in [5, 5.41) is 12.1. The van der Waals surface area contributed by atoms with E-state index >= 15 is 0 Å². The van der Waals surface area contributed by atoms with Crippen molar-refractivity contribution in [3.8, 4) is 34.5 Å². The van der Waals surface area contributed by atoms with Crippen molar-refractivity contribution in [2.24, 2.45) is 0 Å². The number of pyridine rings is 1. The van der Waals surface area contributed by atoms with Gasteiger partial charge in [-0.25, -0.2) is 4.98 Å². The number of nitrogens with zero attached hydrogens (tertiary/aromatic N) is 2. The van der Waals surface area contributed by atoms with Crippen LogP contribution in [0.1, 0.15) is 16.7 Å². The molecule has 1 N–H and O–H groups in total. The summed E-state index contributed by atoms with van der Waals surface area (Å²) >= 11 is 13.1. The first-order valence-corrected chi connectivity index (χ1v) is 9.95. The van der Waals surface area contributed by atoms with Gasteiger partial charge in [0.2, 0.25) is 5.88 Å². The van der Waals surface area contributed by atoms with Crippen molar-refractivity contribution in [3.05, 3.63) is 69.2 Å². The number of para-hydroxylation sites is 1. The zero-order valence-corrected chi connectivity index (χ0v) is 17.0. The number of hydrogen-bond acceptors (Lipinski definition) is 3. The maximum Gasteiger partial charge on any atom is 0.232 e. The van der Waals surface area contributed by atoms with Gasteiger partial charge in [0.25, 0.3) is 0 Å². The zero-order valence-electron chi connectivity index (χ0n) is 15.5. The number of nitriles is 1. The number of aromatic amines is 1. The Morgan fingerprint density at radius 1 is 1.00 bits per heavy atom. The number of H-pyrrole nitrogens is 1. The van der Waals surface area contributed by atoms with Crippen molar-refractivity contribution >= 4 is 34.1 Å². The SMILES string of the molecule is COc1nc2c(c(-c3c(Cl)cccc3Cl)c1C#N)CCc1c-2[nH]c2ccccc12. The molecule has 0 saturated carbocycles. The molecule has 2 aromatic heterocycles. The Balaban J connectivity index is 1.91. The Morgan fingerprint density at radius 3 is 2.45 bits per heavy atom. The maximum atomic E-state index is 9.92. The van der Waals surface area contributed by atoms with Gasteiger partial charge in [0, 0.05) is 32.1 Å². The van der Waals surface area contributed by atoms with E-state index in [4.69, 9.17) is 32.9 Å². The van der Waals surface area contributed by atoms with Gasteiger partial charge in [-0.15, -0.1) is 0 Å². The monoisotopic (exact) mass is 419 g/mol. The lowest BCUT2D eigenvalue weighted by molar-refractivity contribution is 0.397. The summed E-state index contributed by atoms with van der Waals surface area (Å²) in [6.07, 6.45) is 1.56. The van der Waals surface area contributed by atoms with Gasteiger partial charge < -0.3 is 9.72 Å². The second kappa shape index (κ2) is 6.81.